The summed E-state index contributed by atoms with van der Waals surface area (Å²) in [5.74, 6) is -1.47. The number of likely N-dealkylation sites (N-methyl/N-ethyl adjacent to an activating group) is 1. The van der Waals surface area contributed by atoms with Gasteiger partial charge in [0.1, 0.15) is 0 Å². The molecule has 6 heteroatoms. The number of carbonyl (C=O) groups excluding carboxylic acids is 1. The van der Waals surface area contributed by atoms with Crippen molar-refractivity contribution in [3.8, 4) is 0 Å². The van der Waals surface area contributed by atoms with E-state index < -0.39 is 11.9 Å². The number of carboxylic acid groups (broad SMARTS) is 1. The summed E-state index contributed by atoms with van der Waals surface area (Å²) < 4.78 is 0. The molecule has 6 nitrogen and oxygen atoms in total. The first-order valence-electron chi connectivity index (χ1n) is 5.97. The van der Waals surface area contributed by atoms with Crippen LogP contribution in [-0.4, -0.2) is 66.7 Å². The van der Waals surface area contributed by atoms with Crippen molar-refractivity contribution in [1.29, 1.82) is 0 Å². The predicted molar refractivity (Wildman–Crippen MR) is 70.6 cm³/mol. The maximum absolute atomic E-state index is 11.8. The molecule has 0 fully saturated rings. The van der Waals surface area contributed by atoms with Crippen LogP contribution in [0.2, 0.25) is 0 Å². The number of hydrogen-bond acceptors (Lipinski definition) is 3. The predicted octanol–water partition coefficient (Wildman–Crippen LogP) is 0.689. The average Bonchev–Trinajstić information content (AvgIpc) is 2.25. The summed E-state index contributed by atoms with van der Waals surface area (Å²) in [6, 6.07) is -0.252. The zero-order valence-electron chi connectivity index (χ0n) is 12.1. The number of amides is 2. The quantitative estimate of drug-likeness (QED) is 0.736. The molecule has 18 heavy (non-hydrogen) atoms. The number of nitrogens with one attached hydrogen (secondary N) is 1. The van der Waals surface area contributed by atoms with Crippen LogP contribution in [0.15, 0.2) is 0 Å². The van der Waals surface area contributed by atoms with Crippen LogP contribution in [-0.2, 0) is 4.79 Å². The van der Waals surface area contributed by atoms with Gasteiger partial charge in [-0.15, -0.1) is 0 Å². The van der Waals surface area contributed by atoms with Crippen LogP contribution in [0, 0.1) is 5.92 Å². The van der Waals surface area contributed by atoms with Crippen molar-refractivity contribution in [3.05, 3.63) is 0 Å². The molecule has 0 radical (unpaired) electrons. The Bertz CT molecular complexity index is 303. The molecule has 0 aromatic rings. The van der Waals surface area contributed by atoms with Crippen LogP contribution >= 0.6 is 0 Å². The first-order valence-corrected chi connectivity index (χ1v) is 5.97. The number of nitrogens with zero attached hydrogens (tertiary/aromatic N) is 2. The van der Waals surface area contributed by atoms with Gasteiger partial charge in [-0.05, 0) is 27.9 Å². The van der Waals surface area contributed by atoms with Gasteiger partial charge in [-0.25, -0.2) is 4.79 Å². The van der Waals surface area contributed by atoms with Gasteiger partial charge in [-0.2, -0.15) is 0 Å². The zero-order valence-corrected chi connectivity index (χ0v) is 12.1. The molecule has 0 rings (SSSR count). The minimum absolute atomic E-state index is 0.144. The summed E-state index contributed by atoms with van der Waals surface area (Å²) in [6.45, 7) is 6.32. The minimum atomic E-state index is -0.900. The summed E-state index contributed by atoms with van der Waals surface area (Å²) in [4.78, 5) is 25.9. The first kappa shape index (κ1) is 16.7. The van der Waals surface area contributed by atoms with E-state index in [4.69, 9.17) is 5.11 Å². The maximum Gasteiger partial charge on any atom is 0.317 e. The van der Waals surface area contributed by atoms with Crippen LogP contribution in [0.5, 0.6) is 0 Å². The van der Waals surface area contributed by atoms with Crippen molar-refractivity contribution in [2.45, 2.75) is 26.3 Å². The first-order chi connectivity index (χ1) is 8.08. The second kappa shape index (κ2) is 6.58. The fourth-order valence-corrected chi connectivity index (χ4v) is 1.16. The van der Waals surface area contributed by atoms with Crippen LogP contribution < -0.4 is 5.32 Å². The molecule has 106 valence electrons. The molecule has 0 aromatic heterocycles. The van der Waals surface area contributed by atoms with Gasteiger partial charge >= 0.3 is 12.0 Å². The lowest BCUT2D eigenvalue weighted by molar-refractivity contribution is -0.141. The minimum Gasteiger partial charge on any atom is -0.481 e. The molecule has 0 aliphatic carbocycles. The highest BCUT2D eigenvalue weighted by Crippen LogP contribution is 2.08. The average molecular weight is 259 g/mol. The summed E-state index contributed by atoms with van der Waals surface area (Å²) in [5.41, 5.74) is -0.144. The van der Waals surface area contributed by atoms with Gasteiger partial charge < -0.3 is 20.2 Å². The standard InChI is InChI=1S/C12H25N3O3/c1-9(10(16)17)7-15(6)11(18)13-8-12(2,3)14(4)5/h9H,7-8H2,1-6H3,(H,13,18)(H,16,17). The second-order valence-electron chi connectivity index (χ2n) is 5.49. The normalized spacial score (nSPS) is 13.3. The number of carbonyl (C=O) groups is 2. The molecule has 2 amide bonds. The van der Waals surface area contributed by atoms with Crippen LogP contribution in [0.3, 0.4) is 0 Å². The van der Waals surface area contributed by atoms with Gasteiger partial charge in [0.2, 0.25) is 0 Å². The molecule has 0 aromatic carbocycles. The third kappa shape index (κ3) is 5.35. The Morgan fingerprint density at radius 2 is 1.78 bits per heavy atom. The lowest BCUT2D eigenvalue weighted by Gasteiger charge is -2.33. The highest BCUT2D eigenvalue weighted by atomic mass is 16.4. The molecular formula is C12H25N3O3. The summed E-state index contributed by atoms with van der Waals surface area (Å²) in [7, 11) is 5.49. The molecule has 0 aliphatic heterocycles. The number of aliphatic carboxylic acids is 1. The number of rotatable bonds is 6. The van der Waals surface area contributed by atoms with Gasteiger partial charge in [0.25, 0.3) is 0 Å². The Hall–Kier alpha value is -1.30. The Labute approximate surface area is 109 Å². The van der Waals surface area contributed by atoms with E-state index in [1.54, 1.807) is 14.0 Å². The van der Waals surface area contributed by atoms with Gasteiger partial charge in [0.15, 0.2) is 0 Å². The summed E-state index contributed by atoms with van der Waals surface area (Å²) in [5, 5.41) is 11.6. The van der Waals surface area contributed by atoms with E-state index in [1.165, 1.54) is 4.90 Å². The lowest BCUT2D eigenvalue weighted by atomic mass is 10.0. The third-order valence-electron chi connectivity index (χ3n) is 3.20. The monoisotopic (exact) mass is 259 g/mol. The van der Waals surface area contributed by atoms with Crippen molar-refractivity contribution >= 4 is 12.0 Å². The van der Waals surface area contributed by atoms with Gasteiger partial charge in [-0.1, -0.05) is 6.92 Å². The zero-order chi connectivity index (χ0) is 14.5. The summed E-state index contributed by atoms with van der Waals surface area (Å²) >= 11 is 0. The molecular weight excluding hydrogens is 234 g/mol. The largest absolute Gasteiger partial charge is 0.481 e. The third-order valence-corrected chi connectivity index (χ3v) is 3.20. The second-order valence-corrected chi connectivity index (χ2v) is 5.49. The molecule has 0 saturated carbocycles. The fraction of sp³-hybridized carbons (Fsp3) is 0.833. The number of carboxylic acids is 1. The van der Waals surface area contributed by atoms with E-state index in [0.717, 1.165) is 0 Å². The van der Waals surface area contributed by atoms with E-state index in [9.17, 15) is 9.59 Å². The lowest BCUT2D eigenvalue weighted by Crippen LogP contribution is -2.51. The molecule has 0 bridgehead atoms. The van der Waals surface area contributed by atoms with Crippen molar-refractivity contribution in [2.24, 2.45) is 5.92 Å². The Morgan fingerprint density at radius 3 is 2.17 bits per heavy atom. The van der Waals surface area contributed by atoms with Crippen LogP contribution in [0.25, 0.3) is 0 Å². The Morgan fingerprint density at radius 1 is 1.28 bits per heavy atom. The molecule has 0 aliphatic rings. The topological polar surface area (TPSA) is 72.9 Å². The highest BCUT2D eigenvalue weighted by Gasteiger charge is 2.23. The molecule has 1 atom stereocenters. The molecule has 0 heterocycles. The van der Waals surface area contributed by atoms with Gasteiger partial charge in [0.05, 0.1) is 5.92 Å². The summed E-state index contributed by atoms with van der Waals surface area (Å²) in [6.07, 6.45) is 0. The SMILES string of the molecule is CC(CN(C)C(=O)NCC(C)(C)N(C)C)C(=O)O. The molecule has 0 saturated heterocycles. The smallest absolute Gasteiger partial charge is 0.317 e. The van der Waals surface area contributed by atoms with Gasteiger partial charge in [0, 0.05) is 25.7 Å². The number of hydrogen-bond donors (Lipinski definition) is 2. The van der Waals surface area contributed by atoms with E-state index in [0.29, 0.717) is 6.54 Å². The van der Waals surface area contributed by atoms with Crippen LogP contribution in [0.1, 0.15) is 20.8 Å². The molecule has 0 spiro atoms. The Kier molecular flexibility index (Phi) is 6.11. The molecule has 1 unspecified atom stereocenters. The maximum atomic E-state index is 11.8. The molecule has 2 N–H and O–H groups in total. The van der Waals surface area contributed by atoms with E-state index in [-0.39, 0.29) is 18.1 Å². The van der Waals surface area contributed by atoms with E-state index >= 15 is 0 Å². The van der Waals surface area contributed by atoms with E-state index in [1.807, 2.05) is 32.8 Å². The van der Waals surface area contributed by atoms with Crippen molar-refractivity contribution < 1.29 is 14.7 Å². The van der Waals surface area contributed by atoms with Crippen molar-refractivity contribution in [2.75, 3.05) is 34.2 Å². The number of urea groups is 1. The Balaban J connectivity index is 4.22. The fourth-order valence-electron chi connectivity index (χ4n) is 1.16. The van der Waals surface area contributed by atoms with Crippen molar-refractivity contribution in [3.63, 3.8) is 0 Å². The van der Waals surface area contributed by atoms with Crippen molar-refractivity contribution in [1.82, 2.24) is 15.1 Å². The van der Waals surface area contributed by atoms with Crippen LogP contribution in [0.4, 0.5) is 4.79 Å². The van der Waals surface area contributed by atoms with E-state index in [2.05, 4.69) is 5.32 Å². The van der Waals surface area contributed by atoms with Gasteiger partial charge in [-0.3, -0.25) is 4.79 Å². The highest BCUT2D eigenvalue weighted by molar-refractivity contribution is 5.75.